The summed E-state index contributed by atoms with van der Waals surface area (Å²) >= 11 is 0. The molecule has 0 aliphatic carbocycles. The van der Waals surface area contributed by atoms with E-state index in [9.17, 15) is 4.79 Å². The van der Waals surface area contributed by atoms with Gasteiger partial charge in [0.05, 0.1) is 0 Å². The van der Waals surface area contributed by atoms with Crippen LogP contribution < -0.4 is 4.74 Å². The molecule has 0 aliphatic rings. The molecule has 0 N–H and O–H groups in total. The lowest BCUT2D eigenvalue weighted by molar-refractivity contribution is -0.130. The van der Waals surface area contributed by atoms with Crippen LogP contribution in [-0.2, 0) is 4.79 Å². The highest BCUT2D eigenvalue weighted by atomic mass is 16.5. The number of rotatable bonds is 6. The summed E-state index contributed by atoms with van der Waals surface area (Å²) in [5, 5.41) is 0. The molecule has 156 valence electrons. The Morgan fingerprint density at radius 2 is 1.22 bits per heavy atom. The third kappa shape index (κ3) is 4.17. The number of esters is 1. The summed E-state index contributed by atoms with van der Waals surface area (Å²) in [7, 11) is 0. The van der Waals surface area contributed by atoms with Crippen LogP contribution in [0.2, 0.25) is 0 Å². The SMILES string of the molecule is C=Cc1c(OC(=O)C(=C)C)cc(-c2ccccc2)c(-c2ccccc2)c1-c1ccccc1. The highest BCUT2D eigenvalue weighted by Crippen LogP contribution is 2.46. The molecule has 0 heterocycles. The van der Waals surface area contributed by atoms with Crippen molar-refractivity contribution in [1.82, 2.24) is 0 Å². The van der Waals surface area contributed by atoms with Crippen molar-refractivity contribution in [2.45, 2.75) is 6.92 Å². The topological polar surface area (TPSA) is 26.3 Å². The standard InChI is InChI=1S/C30H24O2/c1-4-25-27(32-30(31)21(2)3)20-26(22-14-8-5-9-15-22)29(24-18-12-7-13-19-24)28(25)23-16-10-6-11-17-23/h4-20H,1-2H2,3H3. The highest BCUT2D eigenvalue weighted by molar-refractivity contribution is 6.01. The van der Waals surface area contributed by atoms with Crippen LogP contribution in [0.1, 0.15) is 12.5 Å². The summed E-state index contributed by atoms with van der Waals surface area (Å²) in [6, 6.07) is 32.5. The summed E-state index contributed by atoms with van der Waals surface area (Å²) in [6.07, 6.45) is 1.75. The zero-order chi connectivity index (χ0) is 22.5. The van der Waals surface area contributed by atoms with Crippen LogP contribution in [-0.4, -0.2) is 5.97 Å². The molecule has 32 heavy (non-hydrogen) atoms. The lowest BCUT2D eigenvalue weighted by atomic mass is 9.84. The molecular weight excluding hydrogens is 392 g/mol. The molecule has 4 aromatic carbocycles. The van der Waals surface area contributed by atoms with Crippen LogP contribution in [0.25, 0.3) is 39.5 Å². The summed E-state index contributed by atoms with van der Waals surface area (Å²) < 4.78 is 5.80. The second kappa shape index (κ2) is 9.32. The normalized spacial score (nSPS) is 10.4. The van der Waals surface area contributed by atoms with Crippen LogP contribution in [0.15, 0.2) is 116 Å². The molecule has 0 fully saturated rings. The summed E-state index contributed by atoms with van der Waals surface area (Å²) in [5.74, 6) is 0.00368. The van der Waals surface area contributed by atoms with E-state index in [2.05, 4.69) is 49.6 Å². The average Bonchev–Trinajstić information content (AvgIpc) is 2.84. The van der Waals surface area contributed by atoms with E-state index < -0.39 is 5.97 Å². The van der Waals surface area contributed by atoms with Crippen LogP contribution in [0.4, 0.5) is 0 Å². The quantitative estimate of drug-likeness (QED) is 0.182. The Hall–Kier alpha value is -4.17. The van der Waals surface area contributed by atoms with Gasteiger partial charge in [0, 0.05) is 16.7 Å². The van der Waals surface area contributed by atoms with E-state index in [0.29, 0.717) is 11.3 Å². The highest BCUT2D eigenvalue weighted by Gasteiger charge is 2.22. The fourth-order valence-electron chi connectivity index (χ4n) is 3.80. The van der Waals surface area contributed by atoms with Crippen molar-refractivity contribution in [3.8, 4) is 39.1 Å². The second-order valence-electron chi connectivity index (χ2n) is 7.56. The molecule has 0 saturated carbocycles. The van der Waals surface area contributed by atoms with E-state index in [-0.39, 0.29) is 0 Å². The lowest BCUT2D eigenvalue weighted by Gasteiger charge is -2.22. The van der Waals surface area contributed by atoms with E-state index in [1.165, 1.54) is 0 Å². The largest absolute Gasteiger partial charge is 0.423 e. The maximum atomic E-state index is 12.5. The molecule has 0 atom stereocenters. The predicted octanol–water partition coefficient (Wildman–Crippen LogP) is 7.81. The van der Waals surface area contributed by atoms with E-state index >= 15 is 0 Å². The molecule has 0 unspecified atom stereocenters. The Morgan fingerprint density at radius 1 is 0.750 bits per heavy atom. The fraction of sp³-hybridized carbons (Fsp3) is 0.0333. The van der Waals surface area contributed by atoms with Gasteiger partial charge in [-0.25, -0.2) is 4.79 Å². The van der Waals surface area contributed by atoms with Crippen molar-refractivity contribution >= 4 is 12.0 Å². The number of carbonyl (C=O) groups excluding carboxylic acids is 1. The molecule has 4 rings (SSSR count). The number of carbonyl (C=O) groups is 1. The monoisotopic (exact) mass is 416 g/mol. The number of benzene rings is 4. The van der Waals surface area contributed by atoms with Gasteiger partial charge in [0.15, 0.2) is 0 Å². The van der Waals surface area contributed by atoms with Crippen molar-refractivity contribution in [3.63, 3.8) is 0 Å². The van der Waals surface area contributed by atoms with Crippen LogP contribution in [0.3, 0.4) is 0 Å². The van der Waals surface area contributed by atoms with E-state index in [0.717, 1.165) is 38.9 Å². The van der Waals surface area contributed by atoms with Crippen molar-refractivity contribution in [2.24, 2.45) is 0 Å². The number of hydrogen-bond acceptors (Lipinski definition) is 2. The minimum Gasteiger partial charge on any atom is -0.423 e. The molecule has 2 heteroatoms. The zero-order valence-electron chi connectivity index (χ0n) is 18.0. The van der Waals surface area contributed by atoms with Gasteiger partial charge in [-0.05, 0) is 40.8 Å². The Balaban J connectivity index is 2.14. The van der Waals surface area contributed by atoms with Gasteiger partial charge >= 0.3 is 5.97 Å². The first-order valence-electron chi connectivity index (χ1n) is 10.5. The third-order valence-electron chi connectivity index (χ3n) is 5.29. The van der Waals surface area contributed by atoms with Gasteiger partial charge in [0.2, 0.25) is 0 Å². The Labute approximate surface area is 189 Å². The Kier molecular flexibility index (Phi) is 6.14. The molecule has 0 spiro atoms. The zero-order valence-corrected chi connectivity index (χ0v) is 18.0. The molecule has 0 saturated heterocycles. The molecule has 4 aromatic rings. The Morgan fingerprint density at radius 3 is 1.69 bits per heavy atom. The minimum atomic E-state index is -0.460. The maximum absolute atomic E-state index is 12.5. The van der Waals surface area contributed by atoms with Gasteiger partial charge in [-0.2, -0.15) is 0 Å². The first kappa shape index (κ1) is 21.1. The first-order valence-corrected chi connectivity index (χ1v) is 10.5. The maximum Gasteiger partial charge on any atom is 0.338 e. The second-order valence-corrected chi connectivity index (χ2v) is 7.56. The number of hydrogen-bond donors (Lipinski definition) is 0. The molecule has 0 amide bonds. The van der Waals surface area contributed by atoms with Crippen molar-refractivity contribution in [2.75, 3.05) is 0 Å². The summed E-state index contributed by atoms with van der Waals surface area (Å²) in [5.41, 5.74) is 7.25. The molecule has 0 radical (unpaired) electrons. The van der Waals surface area contributed by atoms with E-state index in [1.54, 1.807) is 13.0 Å². The van der Waals surface area contributed by atoms with Gasteiger partial charge in [0.25, 0.3) is 0 Å². The fourth-order valence-corrected chi connectivity index (χ4v) is 3.80. The molecule has 2 nitrogen and oxygen atoms in total. The average molecular weight is 417 g/mol. The molecule has 0 aliphatic heterocycles. The first-order chi connectivity index (χ1) is 15.6. The predicted molar refractivity (Wildman–Crippen MR) is 133 cm³/mol. The summed E-state index contributed by atoms with van der Waals surface area (Å²) in [6.45, 7) is 9.43. The number of ether oxygens (including phenoxy) is 1. The summed E-state index contributed by atoms with van der Waals surface area (Å²) in [4.78, 5) is 12.5. The molecule has 0 bridgehead atoms. The van der Waals surface area contributed by atoms with Crippen molar-refractivity contribution in [1.29, 1.82) is 0 Å². The Bertz CT molecular complexity index is 1270. The molecular formula is C30H24O2. The van der Waals surface area contributed by atoms with Crippen molar-refractivity contribution < 1.29 is 9.53 Å². The van der Waals surface area contributed by atoms with E-state index in [4.69, 9.17) is 4.74 Å². The van der Waals surface area contributed by atoms with Gasteiger partial charge in [0.1, 0.15) is 5.75 Å². The smallest absolute Gasteiger partial charge is 0.338 e. The van der Waals surface area contributed by atoms with Crippen LogP contribution in [0.5, 0.6) is 5.75 Å². The molecule has 0 aromatic heterocycles. The van der Waals surface area contributed by atoms with Crippen LogP contribution >= 0.6 is 0 Å². The third-order valence-corrected chi connectivity index (χ3v) is 5.29. The van der Waals surface area contributed by atoms with Crippen LogP contribution in [0, 0.1) is 0 Å². The van der Waals surface area contributed by atoms with Gasteiger partial charge < -0.3 is 4.74 Å². The van der Waals surface area contributed by atoms with Gasteiger partial charge in [-0.1, -0.05) is 110 Å². The lowest BCUT2D eigenvalue weighted by Crippen LogP contribution is -2.10. The van der Waals surface area contributed by atoms with Gasteiger partial charge in [-0.3, -0.25) is 0 Å². The van der Waals surface area contributed by atoms with Gasteiger partial charge in [-0.15, -0.1) is 0 Å². The minimum absolute atomic E-state index is 0.342. The van der Waals surface area contributed by atoms with Crippen molar-refractivity contribution in [3.05, 3.63) is 121 Å². The van der Waals surface area contributed by atoms with E-state index in [1.807, 2.05) is 60.7 Å².